The average Bonchev–Trinajstić information content (AvgIpc) is 3.40. The summed E-state index contributed by atoms with van der Waals surface area (Å²) in [5, 5.41) is 6.26. The predicted octanol–water partition coefficient (Wildman–Crippen LogP) is 4.65. The maximum Gasteiger partial charge on any atom is 0.409 e. The predicted molar refractivity (Wildman–Crippen MR) is 144 cm³/mol. The fraction of sp³-hybridized carbons (Fsp3) is 0.593. The minimum absolute atomic E-state index is 0.0998. The van der Waals surface area contributed by atoms with E-state index < -0.39 is 6.43 Å². The Bertz CT molecular complexity index is 1120. The molecule has 4 heterocycles. The van der Waals surface area contributed by atoms with Crippen molar-refractivity contribution >= 4 is 29.2 Å². The summed E-state index contributed by atoms with van der Waals surface area (Å²) in [6.45, 7) is 8.49. The van der Waals surface area contributed by atoms with Gasteiger partial charge in [0.1, 0.15) is 5.82 Å². The van der Waals surface area contributed by atoms with Crippen molar-refractivity contribution in [2.45, 2.75) is 51.5 Å². The quantitative estimate of drug-likeness (QED) is 0.431. The number of aromatic nitrogens is 2. The number of benzene rings is 1. The van der Waals surface area contributed by atoms with Crippen LogP contribution in [0.3, 0.4) is 0 Å². The maximum absolute atomic E-state index is 13.6. The molecule has 3 aliphatic rings. The van der Waals surface area contributed by atoms with E-state index in [0.717, 1.165) is 43.7 Å². The first-order chi connectivity index (χ1) is 18.5. The third kappa shape index (κ3) is 6.09. The molecule has 0 spiro atoms. The highest BCUT2D eigenvalue weighted by atomic mass is 19.3. The van der Waals surface area contributed by atoms with Gasteiger partial charge in [-0.2, -0.15) is 4.98 Å². The van der Waals surface area contributed by atoms with Crippen molar-refractivity contribution in [3.63, 3.8) is 0 Å². The lowest BCUT2D eigenvalue weighted by molar-refractivity contribution is 0.0729. The van der Waals surface area contributed by atoms with E-state index in [9.17, 15) is 13.6 Å². The van der Waals surface area contributed by atoms with Gasteiger partial charge in [0, 0.05) is 62.9 Å². The Labute approximate surface area is 222 Å². The van der Waals surface area contributed by atoms with E-state index in [0.29, 0.717) is 38.7 Å². The van der Waals surface area contributed by atoms with Gasteiger partial charge in [-0.25, -0.2) is 18.6 Å². The van der Waals surface area contributed by atoms with Crippen molar-refractivity contribution < 1.29 is 18.3 Å². The Kier molecular flexibility index (Phi) is 8.41. The fourth-order valence-corrected chi connectivity index (χ4v) is 5.57. The van der Waals surface area contributed by atoms with Gasteiger partial charge in [-0.15, -0.1) is 0 Å². The number of alkyl halides is 2. The first-order valence-electron chi connectivity index (χ1n) is 13.7. The van der Waals surface area contributed by atoms with E-state index in [1.165, 1.54) is 31.3 Å². The van der Waals surface area contributed by atoms with E-state index in [1.807, 2.05) is 6.07 Å². The first-order valence-corrected chi connectivity index (χ1v) is 13.7. The second-order valence-electron chi connectivity index (χ2n) is 10.1. The van der Waals surface area contributed by atoms with Gasteiger partial charge in [0.2, 0.25) is 5.95 Å². The molecule has 2 aromatic rings. The molecule has 2 N–H and O–H groups in total. The van der Waals surface area contributed by atoms with Crippen LogP contribution in [-0.4, -0.2) is 84.3 Å². The van der Waals surface area contributed by atoms with Gasteiger partial charge in [0.25, 0.3) is 6.43 Å². The summed E-state index contributed by atoms with van der Waals surface area (Å²) in [4.78, 5) is 27.0. The number of anilines is 4. The number of amides is 1. The number of aryl methyl sites for hydroxylation is 1. The van der Waals surface area contributed by atoms with Crippen LogP contribution in [0.2, 0.25) is 0 Å². The van der Waals surface area contributed by atoms with Gasteiger partial charge >= 0.3 is 6.09 Å². The summed E-state index contributed by atoms with van der Waals surface area (Å²) in [5.74, 6) is 0.362. The Balaban J connectivity index is 1.24. The normalized spacial score (nSPS) is 20.0. The smallest absolute Gasteiger partial charge is 0.409 e. The molecule has 0 aliphatic carbocycles. The number of hydrogen-bond acceptors (Lipinski definition) is 8. The van der Waals surface area contributed by atoms with E-state index in [2.05, 4.69) is 49.5 Å². The zero-order chi connectivity index (χ0) is 26.5. The highest BCUT2D eigenvalue weighted by Crippen LogP contribution is 2.31. The van der Waals surface area contributed by atoms with E-state index in [-0.39, 0.29) is 23.4 Å². The van der Waals surface area contributed by atoms with Crippen LogP contribution >= 0.6 is 0 Å². The molecule has 1 amide bonds. The van der Waals surface area contributed by atoms with Crippen LogP contribution in [0.25, 0.3) is 0 Å². The number of carbonyl (C=O) groups excluding carboxylic acids is 1. The number of carbonyl (C=O) groups is 1. The van der Waals surface area contributed by atoms with E-state index in [4.69, 9.17) is 4.74 Å². The Morgan fingerprint density at radius 1 is 1.18 bits per heavy atom. The molecule has 9 nitrogen and oxygen atoms in total. The van der Waals surface area contributed by atoms with Crippen molar-refractivity contribution in [3.8, 4) is 0 Å². The van der Waals surface area contributed by atoms with Crippen molar-refractivity contribution in [2.75, 3.05) is 68.0 Å². The Hall–Kier alpha value is -3.21. The van der Waals surface area contributed by atoms with Gasteiger partial charge in [-0.05, 0) is 62.4 Å². The molecule has 38 heavy (non-hydrogen) atoms. The second kappa shape index (κ2) is 12.1. The molecule has 0 unspecified atom stereocenters. The summed E-state index contributed by atoms with van der Waals surface area (Å²) in [5.41, 5.74) is 2.97. The van der Waals surface area contributed by atoms with Crippen LogP contribution in [0, 0.1) is 0 Å². The minimum atomic E-state index is -2.70. The average molecular weight is 530 g/mol. The maximum atomic E-state index is 13.6. The molecule has 0 radical (unpaired) electrons. The van der Waals surface area contributed by atoms with Crippen LogP contribution in [0.1, 0.15) is 50.2 Å². The van der Waals surface area contributed by atoms with Gasteiger partial charge in [-0.1, -0.05) is 6.92 Å². The number of fused-ring (bicyclic) bond motifs is 1. The lowest BCUT2D eigenvalue weighted by Crippen LogP contribution is -2.50. The molecule has 0 saturated carbocycles. The molecule has 3 aliphatic heterocycles. The topological polar surface area (TPSA) is 85.9 Å². The fourth-order valence-electron chi connectivity index (χ4n) is 5.57. The highest BCUT2D eigenvalue weighted by Gasteiger charge is 2.30. The molecule has 0 bridgehead atoms. The summed E-state index contributed by atoms with van der Waals surface area (Å²) in [7, 11) is 0. The van der Waals surface area contributed by atoms with Crippen LogP contribution in [0.5, 0.6) is 0 Å². The summed E-state index contributed by atoms with van der Waals surface area (Å²) < 4.78 is 32.3. The number of ether oxygens (including phenoxy) is 1. The first kappa shape index (κ1) is 26.4. The van der Waals surface area contributed by atoms with Gasteiger partial charge < -0.3 is 25.2 Å². The van der Waals surface area contributed by atoms with Crippen molar-refractivity contribution in [2.24, 2.45) is 0 Å². The standard InChI is InChI=1S/C27H37F2N7O2/c1-2-19-16-20(36-14-13-34-10-3-6-21(34)18-36)7-8-23(19)32-26-31-17-22(24(28)29)25(33-26)30-9-4-11-35-12-5-15-38-27(35)37/h7-8,16-17,21,24H,2-6,9-15,18H2,1H3,(H2,30,31,32,33)/t21-/m1/s1. The van der Waals surface area contributed by atoms with Crippen LogP contribution in [0.15, 0.2) is 24.4 Å². The number of rotatable bonds is 10. The molecule has 3 saturated heterocycles. The molecular weight excluding hydrogens is 492 g/mol. The number of halogens is 2. The zero-order valence-corrected chi connectivity index (χ0v) is 22.0. The number of hydrogen-bond donors (Lipinski definition) is 2. The van der Waals surface area contributed by atoms with Gasteiger partial charge in [0.05, 0.1) is 12.2 Å². The molecule has 1 aromatic heterocycles. The molecule has 3 fully saturated rings. The van der Waals surface area contributed by atoms with E-state index in [1.54, 1.807) is 4.90 Å². The number of nitrogens with zero attached hydrogens (tertiary/aromatic N) is 5. The van der Waals surface area contributed by atoms with Crippen molar-refractivity contribution in [1.82, 2.24) is 19.8 Å². The van der Waals surface area contributed by atoms with Crippen LogP contribution in [-0.2, 0) is 11.2 Å². The third-order valence-electron chi connectivity index (χ3n) is 7.67. The lowest BCUT2D eigenvalue weighted by atomic mass is 10.1. The number of nitrogens with one attached hydrogen (secondary N) is 2. The molecule has 5 rings (SSSR count). The van der Waals surface area contributed by atoms with Gasteiger partial charge in [0.15, 0.2) is 0 Å². The van der Waals surface area contributed by atoms with E-state index >= 15 is 0 Å². The highest BCUT2D eigenvalue weighted by molar-refractivity contribution is 5.68. The minimum Gasteiger partial charge on any atom is -0.449 e. The number of piperazine rings is 1. The molecule has 1 atom stereocenters. The Morgan fingerprint density at radius 3 is 2.89 bits per heavy atom. The van der Waals surface area contributed by atoms with Crippen molar-refractivity contribution in [1.29, 1.82) is 0 Å². The second-order valence-corrected chi connectivity index (χ2v) is 10.1. The zero-order valence-electron chi connectivity index (χ0n) is 22.0. The van der Waals surface area contributed by atoms with Crippen LogP contribution in [0.4, 0.5) is 36.7 Å². The molecule has 11 heteroatoms. The third-order valence-corrected chi connectivity index (χ3v) is 7.67. The summed E-state index contributed by atoms with van der Waals surface area (Å²) in [6.07, 6.45) is 2.91. The summed E-state index contributed by atoms with van der Waals surface area (Å²) >= 11 is 0. The SMILES string of the molecule is CCc1cc(N2CCN3CCC[C@@H]3C2)ccc1Nc1ncc(C(F)F)c(NCCCN2CCCOC2=O)n1. The molecule has 206 valence electrons. The number of cyclic esters (lactones) is 1. The van der Waals surface area contributed by atoms with Crippen LogP contribution < -0.4 is 15.5 Å². The lowest BCUT2D eigenvalue weighted by Gasteiger charge is -2.39. The van der Waals surface area contributed by atoms with Crippen molar-refractivity contribution in [3.05, 3.63) is 35.5 Å². The van der Waals surface area contributed by atoms with Gasteiger partial charge in [-0.3, -0.25) is 4.90 Å². The largest absolute Gasteiger partial charge is 0.449 e. The summed E-state index contributed by atoms with van der Waals surface area (Å²) in [6, 6.07) is 7.01. The monoisotopic (exact) mass is 529 g/mol. The Morgan fingerprint density at radius 2 is 2.08 bits per heavy atom. The molecule has 1 aromatic carbocycles. The molecular formula is C27H37F2N7O2.